The molecule has 0 unspecified atom stereocenters. The van der Waals surface area contributed by atoms with Crippen LogP contribution in [0.15, 0.2) is 60.7 Å². The number of rotatable bonds is 7. The number of ether oxygens (including phenoxy) is 2. The summed E-state index contributed by atoms with van der Waals surface area (Å²) in [5.74, 6) is -1.52. The summed E-state index contributed by atoms with van der Waals surface area (Å²) in [6, 6.07) is 11.9. The Kier molecular flexibility index (Phi) is 7.33. The van der Waals surface area contributed by atoms with E-state index in [4.69, 9.17) is 9.47 Å². The average molecular weight is 559 g/mol. The molecule has 3 aromatic rings. The number of ketones is 1. The summed E-state index contributed by atoms with van der Waals surface area (Å²) in [5, 5.41) is 11.7. The van der Waals surface area contributed by atoms with Gasteiger partial charge in [-0.05, 0) is 54.7 Å². The van der Waals surface area contributed by atoms with Crippen molar-refractivity contribution in [2.75, 3.05) is 11.5 Å². The van der Waals surface area contributed by atoms with Crippen LogP contribution in [0.5, 0.6) is 5.75 Å². The molecular formula is C31H30N2O6S. The van der Waals surface area contributed by atoms with Gasteiger partial charge in [0, 0.05) is 12.0 Å². The molecule has 9 heteroatoms. The highest BCUT2D eigenvalue weighted by molar-refractivity contribution is 7.17. The van der Waals surface area contributed by atoms with Crippen molar-refractivity contribution in [3.63, 3.8) is 0 Å². The minimum Gasteiger partial charge on any atom is -0.507 e. The molecule has 1 aromatic heterocycles. The number of carbonyl (C=O) groups is 3. The molecule has 8 nitrogen and oxygen atoms in total. The van der Waals surface area contributed by atoms with Crippen molar-refractivity contribution in [1.29, 1.82) is 0 Å². The smallest absolute Gasteiger partial charge is 0.350 e. The zero-order valence-corrected chi connectivity index (χ0v) is 23.6. The maximum atomic E-state index is 13.6. The standard InChI is InChI=1S/C31H30N2O6S/c1-6-13-38-30(37)28-18(5)32-31(40-28)33-25(20-9-7-19(8-10-20)16(2)3)24(27(35)29(33)36)26(34)21-11-12-23-22(15-21)14-17(4)39-23/h6-12,15-17,25,34H,1,13-14H2,2-5H3/b26-24+/t17-,25-/m0/s1. The van der Waals surface area contributed by atoms with Gasteiger partial charge in [-0.15, -0.1) is 0 Å². The largest absolute Gasteiger partial charge is 0.507 e. The molecule has 1 saturated heterocycles. The summed E-state index contributed by atoms with van der Waals surface area (Å²) in [6.07, 6.45) is 2.15. The molecule has 1 amide bonds. The van der Waals surface area contributed by atoms with Crippen LogP contribution in [0.25, 0.3) is 5.76 Å². The third-order valence-corrected chi connectivity index (χ3v) is 8.18. The Morgan fingerprint density at radius 2 is 1.98 bits per heavy atom. The van der Waals surface area contributed by atoms with E-state index in [1.165, 1.54) is 11.0 Å². The summed E-state index contributed by atoms with van der Waals surface area (Å²) in [6.45, 7) is 11.3. The number of nitrogens with zero attached hydrogens (tertiary/aromatic N) is 2. The summed E-state index contributed by atoms with van der Waals surface area (Å²) in [4.78, 5) is 45.7. The van der Waals surface area contributed by atoms with E-state index in [1.54, 1.807) is 25.1 Å². The number of anilines is 1. The van der Waals surface area contributed by atoms with Gasteiger partial charge >= 0.3 is 11.9 Å². The fourth-order valence-corrected chi connectivity index (χ4v) is 6.00. The molecule has 1 fully saturated rings. The molecule has 2 aromatic carbocycles. The zero-order chi connectivity index (χ0) is 28.7. The van der Waals surface area contributed by atoms with E-state index in [9.17, 15) is 19.5 Å². The SMILES string of the molecule is C=CCOC(=O)c1sc(N2C(=O)C(=O)/C(=C(/O)c3ccc4c(c3)C[C@H](C)O4)[C@@H]2c2ccc(C(C)C)cc2)nc1C. The summed E-state index contributed by atoms with van der Waals surface area (Å²) < 4.78 is 11.0. The number of aromatic nitrogens is 1. The van der Waals surface area contributed by atoms with Gasteiger partial charge in [-0.25, -0.2) is 9.78 Å². The highest BCUT2D eigenvalue weighted by Gasteiger charge is 2.48. The highest BCUT2D eigenvalue weighted by Crippen LogP contribution is 2.44. The molecule has 0 saturated carbocycles. The van der Waals surface area contributed by atoms with Crippen LogP contribution < -0.4 is 9.64 Å². The van der Waals surface area contributed by atoms with Gasteiger partial charge < -0.3 is 14.6 Å². The Bertz CT molecular complexity index is 1550. The topological polar surface area (TPSA) is 106 Å². The number of amides is 1. The van der Waals surface area contributed by atoms with Gasteiger partial charge in [0.2, 0.25) is 0 Å². The number of fused-ring (bicyclic) bond motifs is 1. The number of hydrogen-bond donors (Lipinski definition) is 1. The van der Waals surface area contributed by atoms with Crippen LogP contribution in [0.2, 0.25) is 0 Å². The maximum Gasteiger partial charge on any atom is 0.350 e. The summed E-state index contributed by atoms with van der Waals surface area (Å²) in [5.41, 5.74) is 3.39. The quantitative estimate of drug-likeness (QED) is 0.127. The number of carbonyl (C=O) groups excluding carboxylic acids is 3. The van der Waals surface area contributed by atoms with Crippen molar-refractivity contribution in [3.8, 4) is 5.75 Å². The van der Waals surface area contributed by atoms with Crippen LogP contribution >= 0.6 is 11.3 Å². The first kappa shape index (κ1) is 27.3. The lowest BCUT2D eigenvalue weighted by molar-refractivity contribution is -0.132. The van der Waals surface area contributed by atoms with Gasteiger partial charge in [0.15, 0.2) is 5.13 Å². The van der Waals surface area contributed by atoms with Crippen molar-refractivity contribution < 1.29 is 29.0 Å². The highest BCUT2D eigenvalue weighted by atomic mass is 32.1. The number of Topliss-reactive ketones (excluding diaryl/α,β-unsaturated/α-hetero) is 1. The Labute approximate surface area is 236 Å². The lowest BCUT2D eigenvalue weighted by Crippen LogP contribution is -2.29. The molecule has 0 spiro atoms. The van der Waals surface area contributed by atoms with Crippen LogP contribution in [-0.2, 0) is 20.7 Å². The fraction of sp³-hybridized carbons (Fsp3) is 0.290. The molecule has 2 aliphatic heterocycles. The molecule has 0 aliphatic carbocycles. The van der Waals surface area contributed by atoms with Crippen LogP contribution in [-0.4, -0.2) is 40.5 Å². The number of thiazole rings is 1. The van der Waals surface area contributed by atoms with Crippen LogP contribution in [0.3, 0.4) is 0 Å². The monoisotopic (exact) mass is 558 g/mol. The van der Waals surface area contributed by atoms with E-state index in [0.29, 0.717) is 23.2 Å². The molecule has 0 bridgehead atoms. The van der Waals surface area contributed by atoms with Crippen LogP contribution in [0, 0.1) is 6.92 Å². The van der Waals surface area contributed by atoms with Gasteiger partial charge in [0.1, 0.15) is 29.1 Å². The third-order valence-electron chi connectivity index (χ3n) is 7.04. The first-order valence-corrected chi connectivity index (χ1v) is 13.9. The van der Waals surface area contributed by atoms with E-state index in [1.807, 2.05) is 31.2 Å². The van der Waals surface area contributed by atoms with Gasteiger partial charge in [-0.2, -0.15) is 0 Å². The minimum absolute atomic E-state index is 0.0120. The van der Waals surface area contributed by atoms with E-state index in [0.717, 1.165) is 28.2 Å². The van der Waals surface area contributed by atoms with Crippen molar-refractivity contribution in [2.24, 2.45) is 0 Å². The van der Waals surface area contributed by atoms with Crippen LogP contribution in [0.1, 0.15) is 70.4 Å². The Morgan fingerprint density at radius 1 is 1.25 bits per heavy atom. The Balaban J connectivity index is 1.65. The molecule has 3 heterocycles. The van der Waals surface area contributed by atoms with Crippen molar-refractivity contribution in [3.05, 3.63) is 93.5 Å². The van der Waals surface area contributed by atoms with Gasteiger partial charge in [-0.3, -0.25) is 14.5 Å². The van der Waals surface area contributed by atoms with E-state index in [-0.39, 0.29) is 40.0 Å². The zero-order valence-electron chi connectivity index (χ0n) is 22.8. The van der Waals surface area contributed by atoms with Gasteiger partial charge in [0.25, 0.3) is 5.78 Å². The number of esters is 1. The van der Waals surface area contributed by atoms with E-state index >= 15 is 0 Å². The first-order chi connectivity index (χ1) is 19.1. The average Bonchev–Trinajstić information content (AvgIpc) is 3.58. The number of benzene rings is 2. The second-order valence-electron chi connectivity index (χ2n) is 10.2. The molecule has 2 atom stereocenters. The number of hydrogen-bond acceptors (Lipinski definition) is 8. The molecule has 2 aliphatic rings. The minimum atomic E-state index is -0.952. The molecule has 40 heavy (non-hydrogen) atoms. The maximum absolute atomic E-state index is 13.6. The number of aryl methyl sites for hydroxylation is 1. The van der Waals surface area contributed by atoms with E-state index in [2.05, 4.69) is 25.4 Å². The second kappa shape index (κ2) is 10.7. The summed E-state index contributed by atoms with van der Waals surface area (Å²) in [7, 11) is 0. The van der Waals surface area contributed by atoms with Gasteiger partial charge in [-0.1, -0.05) is 62.1 Å². The normalized spacial score (nSPS) is 19.6. The lowest BCUT2D eigenvalue weighted by Gasteiger charge is -2.23. The van der Waals surface area contributed by atoms with Crippen molar-refractivity contribution >= 4 is 39.9 Å². The molecule has 206 valence electrons. The number of aliphatic hydroxyl groups is 1. The van der Waals surface area contributed by atoms with E-state index < -0.39 is 23.7 Å². The number of aliphatic hydroxyl groups excluding tert-OH is 1. The fourth-order valence-electron chi connectivity index (χ4n) is 5.01. The van der Waals surface area contributed by atoms with Gasteiger partial charge in [0.05, 0.1) is 17.3 Å². The van der Waals surface area contributed by atoms with Crippen molar-refractivity contribution in [1.82, 2.24) is 4.98 Å². The predicted molar refractivity (Wildman–Crippen MR) is 153 cm³/mol. The molecular weight excluding hydrogens is 528 g/mol. The third kappa shape index (κ3) is 4.81. The Hall–Kier alpha value is -4.24. The molecule has 1 N–H and O–H groups in total. The molecule has 5 rings (SSSR count). The van der Waals surface area contributed by atoms with Crippen molar-refractivity contribution in [2.45, 2.75) is 52.2 Å². The Morgan fingerprint density at radius 3 is 2.65 bits per heavy atom. The first-order valence-electron chi connectivity index (χ1n) is 13.1. The second-order valence-corrected chi connectivity index (χ2v) is 11.2. The predicted octanol–water partition coefficient (Wildman–Crippen LogP) is 5.87. The van der Waals surface area contributed by atoms with Crippen LogP contribution in [0.4, 0.5) is 5.13 Å². The molecule has 0 radical (unpaired) electrons. The summed E-state index contributed by atoms with van der Waals surface area (Å²) >= 11 is 0.966. The lowest BCUT2D eigenvalue weighted by atomic mass is 9.93.